The molecule has 1 heterocycles. The van der Waals surface area contributed by atoms with Gasteiger partial charge in [0.25, 0.3) is 5.56 Å². The molecule has 0 aliphatic carbocycles. The third-order valence-electron chi connectivity index (χ3n) is 2.40. The minimum absolute atomic E-state index is 0.115. The van der Waals surface area contributed by atoms with Crippen LogP contribution >= 0.6 is 15.9 Å². The Bertz CT molecular complexity index is 632. The van der Waals surface area contributed by atoms with Crippen LogP contribution in [0.1, 0.15) is 25.6 Å². The molecule has 2 aromatic rings. The van der Waals surface area contributed by atoms with Gasteiger partial charge in [-0.3, -0.25) is 4.79 Å². The van der Waals surface area contributed by atoms with E-state index in [9.17, 15) is 4.79 Å². The molecule has 0 amide bonds. The monoisotopic (exact) mass is 323 g/mol. The lowest BCUT2D eigenvalue weighted by Crippen LogP contribution is -2.11. The summed E-state index contributed by atoms with van der Waals surface area (Å²) in [6.45, 7) is 3.89. The van der Waals surface area contributed by atoms with E-state index in [2.05, 4.69) is 25.9 Å². The summed E-state index contributed by atoms with van der Waals surface area (Å²) >= 11 is 3.33. The van der Waals surface area contributed by atoms with Crippen molar-refractivity contribution >= 4 is 21.6 Å². The number of ether oxygens (including phenoxy) is 1. The highest BCUT2D eigenvalue weighted by molar-refractivity contribution is 9.10. The van der Waals surface area contributed by atoms with Crippen LogP contribution in [0.15, 0.2) is 33.5 Å². The Balaban J connectivity index is 2.35. The fourth-order valence-electron chi connectivity index (χ4n) is 1.54. The Hall–Kier alpha value is -1.82. The molecule has 0 saturated heterocycles. The predicted molar refractivity (Wildman–Crippen MR) is 77.6 cm³/mol. The Kier molecular flexibility index (Phi) is 3.90. The second-order valence-electron chi connectivity index (χ2n) is 4.45. The second kappa shape index (κ2) is 5.44. The van der Waals surface area contributed by atoms with Gasteiger partial charge in [-0.25, -0.2) is 0 Å². The van der Waals surface area contributed by atoms with E-state index in [1.807, 2.05) is 13.8 Å². The van der Waals surface area contributed by atoms with E-state index in [0.29, 0.717) is 17.3 Å². The molecule has 0 radical (unpaired) electrons. The summed E-state index contributed by atoms with van der Waals surface area (Å²) in [5.74, 6) is 1.49. The molecular formula is C13H14BrN3O2. The topological polar surface area (TPSA) is 81.0 Å². The molecule has 3 N–H and O–H groups in total. The zero-order valence-corrected chi connectivity index (χ0v) is 12.2. The number of hydrogen-bond acceptors (Lipinski definition) is 4. The van der Waals surface area contributed by atoms with E-state index >= 15 is 0 Å². The van der Waals surface area contributed by atoms with Gasteiger partial charge in [-0.2, -0.15) is 4.98 Å². The van der Waals surface area contributed by atoms with Crippen molar-refractivity contribution in [3.63, 3.8) is 0 Å². The first-order valence-corrected chi connectivity index (χ1v) is 6.58. The Morgan fingerprint density at radius 2 is 2.05 bits per heavy atom. The average Bonchev–Trinajstić information content (AvgIpc) is 2.26. The fraction of sp³-hybridized carbons (Fsp3) is 0.231. The lowest BCUT2D eigenvalue weighted by Gasteiger charge is -2.09. The third-order valence-corrected chi connectivity index (χ3v) is 2.86. The highest BCUT2D eigenvalue weighted by Crippen LogP contribution is 2.26. The maximum atomic E-state index is 11.5. The summed E-state index contributed by atoms with van der Waals surface area (Å²) in [6.07, 6.45) is 0. The number of hydrogen-bond donors (Lipinski definition) is 2. The molecule has 0 fully saturated rings. The second-order valence-corrected chi connectivity index (χ2v) is 5.36. The molecule has 0 spiro atoms. The molecule has 0 unspecified atom stereocenters. The number of nitrogens with two attached hydrogens (primary N) is 1. The number of halogens is 1. The molecule has 0 saturated carbocycles. The highest BCUT2D eigenvalue weighted by atomic mass is 79.9. The Labute approximate surface area is 119 Å². The molecule has 19 heavy (non-hydrogen) atoms. The van der Waals surface area contributed by atoms with Gasteiger partial charge < -0.3 is 15.5 Å². The van der Waals surface area contributed by atoms with Crippen molar-refractivity contribution < 1.29 is 4.74 Å². The van der Waals surface area contributed by atoms with E-state index in [1.54, 1.807) is 18.2 Å². The summed E-state index contributed by atoms with van der Waals surface area (Å²) in [5.41, 5.74) is 6.05. The first kappa shape index (κ1) is 13.6. The maximum absolute atomic E-state index is 11.5. The van der Waals surface area contributed by atoms with Crippen molar-refractivity contribution in [3.05, 3.63) is 44.9 Å². The van der Waals surface area contributed by atoms with Crippen molar-refractivity contribution in [1.29, 1.82) is 0 Å². The van der Waals surface area contributed by atoms with Gasteiger partial charge >= 0.3 is 0 Å². The van der Waals surface area contributed by atoms with Crippen LogP contribution in [0, 0.1) is 0 Å². The molecule has 5 nitrogen and oxygen atoms in total. The van der Waals surface area contributed by atoms with Gasteiger partial charge in [-0.1, -0.05) is 29.8 Å². The van der Waals surface area contributed by atoms with Crippen LogP contribution in [0.3, 0.4) is 0 Å². The summed E-state index contributed by atoms with van der Waals surface area (Å²) in [6, 6.07) is 6.50. The number of nitrogens with zero attached hydrogens (tertiary/aromatic N) is 1. The average molecular weight is 324 g/mol. The first-order valence-electron chi connectivity index (χ1n) is 5.79. The minimum Gasteiger partial charge on any atom is -0.439 e. The number of anilines is 1. The summed E-state index contributed by atoms with van der Waals surface area (Å²) in [4.78, 5) is 18.5. The molecule has 0 aliphatic rings. The van der Waals surface area contributed by atoms with Crippen LogP contribution in [-0.2, 0) is 0 Å². The quantitative estimate of drug-likeness (QED) is 0.851. The summed E-state index contributed by atoms with van der Waals surface area (Å²) < 4.78 is 6.37. The van der Waals surface area contributed by atoms with E-state index in [-0.39, 0.29) is 17.4 Å². The van der Waals surface area contributed by atoms with Gasteiger partial charge in [0.15, 0.2) is 0 Å². The maximum Gasteiger partial charge on any atom is 0.254 e. The zero-order valence-electron chi connectivity index (χ0n) is 10.6. The number of nitrogen functional groups attached to an aromatic ring is 1. The normalized spacial score (nSPS) is 10.7. The number of aromatic nitrogens is 2. The highest BCUT2D eigenvalue weighted by Gasteiger charge is 2.07. The largest absolute Gasteiger partial charge is 0.439 e. The van der Waals surface area contributed by atoms with Crippen LogP contribution in [0.4, 0.5) is 5.69 Å². The lowest BCUT2D eigenvalue weighted by atomic mass is 10.2. The van der Waals surface area contributed by atoms with Crippen LogP contribution < -0.4 is 16.0 Å². The molecule has 100 valence electrons. The molecule has 6 heteroatoms. The van der Waals surface area contributed by atoms with Crippen molar-refractivity contribution in [1.82, 2.24) is 9.97 Å². The Morgan fingerprint density at radius 1 is 1.32 bits per heavy atom. The van der Waals surface area contributed by atoms with E-state index in [1.165, 1.54) is 6.07 Å². The molecule has 0 aliphatic heterocycles. The van der Waals surface area contributed by atoms with Crippen LogP contribution in [-0.4, -0.2) is 9.97 Å². The van der Waals surface area contributed by atoms with Gasteiger partial charge in [0.05, 0.1) is 6.07 Å². The summed E-state index contributed by atoms with van der Waals surface area (Å²) in [5, 5.41) is 0. The lowest BCUT2D eigenvalue weighted by molar-refractivity contribution is 0.455. The standard InChI is InChI=1S/C13H14BrN3O2/c1-7(2)13-16-11(18)6-12(17-13)19-10-4-8(14)3-9(15)5-10/h3-7H,15H2,1-2H3,(H,16,17,18). The van der Waals surface area contributed by atoms with Gasteiger partial charge in [0.1, 0.15) is 11.6 Å². The van der Waals surface area contributed by atoms with Crippen LogP contribution in [0.5, 0.6) is 11.6 Å². The van der Waals surface area contributed by atoms with E-state index in [4.69, 9.17) is 10.5 Å². The molecule has 2 rings (SSSR count). The number of H-pyrrole nitrogens is 1. The molecular weight excluding hydrogens is 310 g/mol. The van der Waals surface area contributed by atoms with Crippen molar-refractivity contribution in [2.75, 3.05) is 5.73 Å². The molecule has 0 atom stereocenters. The number of benzene rings is 1. The van der Waals surface area contributed by atoms with Crippen molar-refractivity contribution in [3.8, 4) is 11.6 Å². The molecule has 1 aromatic heterocycles. The van der Waals surface area contributed by atoms with Crippen molar-refractivity contribution in [2.24, 2.45) is 0 Å². The summed E-state index contributed by atoms with van der Waals surface area (Å²) in [7, 11) is 0. The zero-order chi connectivity index (χ0) is 14.0. The third kappa shape index (κ3) is 3.57. The first-order chi connectivity index (χ1) is 8.94. The van der Waals surface area contributed by atoms with Crippen molar-refractivity contribution in [2.45, 2.75) is 19.8 Å². The Morgan fingerprint density at radius 3 is 2.68 bits per heavy atom. The molecule has 0 bridgehead atoms. The van der Waals surface area contributed by atoms with Crippen LogP contribution in [0.2, 0.25) is 0 Å². The van der Waals surface area contributed by atoms with Gasteiger partial charge in [0.2, 0.25) is 5.88 Å². The number of aromatic amines is 1. The predicted octanol–water partition coefficient (Wildman–Crippen LogP) is 3.03. The van der Waals surface area contributed by atoms with E-state index < -0.39 is 0 Å². The fourth-order valence-corrected chi connectivity index (χ4v) is 2.03. The minimum atomic E-state index is -0.239. The SMILES string of the molecule is CC(C)c1nc(Oc2cc(N)cc(Br)c2)cc(=O)[nH]1. The number of nitrogens with one attached hydrogen (secondary N) is 1. The number of rotatable bonds is 3. The van der Waals surface area contributed by atoms with Gasteiger partial charge in [-0.15, -0.1) is 0 Å². The van der Waals surface area contributed by atoms with Gasteiger partial charge in [0, 0.05) is 22.1 Å². The van der Waals surface area contributed by atoms with Crippen LogP contribution in [0.25, 0.3) is 0 Å². The smallest absolute Gasteiger partial charge is 0.254 e. The molecule has 1 aromatic carbocycles. The van der Waals surface area contributed by atoms with Gasteiger partial charge in [-0.05, 0) is 12.1 Å². The van der Waals surface area contributed by atoms with E-state index in [0.717, 1.165) is 4.47 Å².